The molecule has 0 aliphatic carbocycles. The number of nitrogens with two attached hydrogens (primary N) is 1. The fourth-order valence-corrected chi connectivity index (χ4v) is 9.59. The van der Waals surface area contributed by atoms with E-state index in [-0.39, 0.29) is 53.6 Å². The summed E-state index contributed by atoms with van der Waals surface area (Å²) in [5.41, 5.74) is 12.9. The molecule has 1 unspecified atom stereocenters. The molecule has 4 aliphatic heterocycles. The number of carbonyl (C=O) groups is 5. The van der Waals surface area contributed by atoms with E-state index >= 15 is 0 Å². The Bertz CT molecular complexity index is 2450. The van der Waals surface area contributed by atoms with Crippen molar-refractivity contribution in [2.24, 2.45) is 5.92 Å². The van der Waals surface area contributed by atoms with Gasteiger partial charge in [-0.2, -0.15) is 5.10 Å². The number of nitrogens with one attached hydrogen (secondary N) is 2. The van der Waals surface area contributed by atoms with Gasteiger partial charge in [0, 0.05) is 56.8 Å². The number of benzene rings is 2. The van der Waals surface area contributed by atoms with Gasteiger partial charge in [-0.25, -0.2) is 9.50 Å². The zero-order valence-corrected chi connectivity index (χ0v) is 36.5. The van der Waals surface area contributed by atoms with Crippen molar-refractivity contribution in [1.29, 1.82) is 0 Å². The second-order valence-electron chi connectivity index (χ2n) is 17.6. The highest BCUT2D eigenvalue weighted by Gasteiger charge is 2.39. The van der Waals surface area contributed by atoms with E-state index in [0.717, 1.165) is 75.0 Å². The number of piperidine rings is 3. The smallest absolute Gasteiger partial charge is 0.259 e. The molecule has 2 aromatic carbocycles. The molecular weight excluding hydrogens is 799 g/mol. The van der Waals surface area contributed by atoms with Crippen LogP contribution in [0.25, 0.3) is 5.52 Å². The molecule has 0 saturated carbocycles. The highest BCUT2D eigenvalue weighted by atomic mass is 16.5. The van der Waals surface area contributed by atoms with Crippen molar-refractivity contribution in [3.63, 3.8) is 0 Å². The molecule has 0 radical (unpaired) electrons. The number of hydrogen-bond donors (Lipinski definition) is 3. The Labute approximate surface area is 368 Å². The number of rotatable bonds is 12. The Hall–Kier alpha value is -6.11. The minimum Gasteiger partial charge on any atom is -0.382 e. The average Bonchev–Trinajstić information content (AvgIpc) is 3.80. The van der Waals surface area contributed by atoms with Crippen molar-refractivity contribution in [2.45, 2.75) is 103 Å². The maximum absolute atomic E-state index is 14.0. The van der Waals surface area contributed by atoms with Gasteiger partial charge in [-0.05, 0) is 111 Å². The summed E-state index contributed by atoms with van der Waals surface area (Å²) in [5.74, 6) is 6.50. The summed E-state index contributed by atoms with van der Waals surface area (Å²) in [6.07, 6.45) is 7.83. The van der Waals surface area contributed by atoms with Gasteiger partial charge in [0.25, 0.3) is 11.8 Å². The van der Waals surface area contributed by atoms with Crippen LogP contribution in [0.4, 0.5) is 11.5 Å². The molecule has 330 valence electrons. The summed E-state index contributed by atoms with van der Waals surface area (Å²) in [4.78, 5) is 75.0. The lowest BCUT2D eigenvalue weighted by Crippen LogP contribution is -2.52. The molecule has 15 heteroatoms. The average molecular weight is 856 g/mol. The molecule has 0 spiro atoms. The van der Waals surface area contributed by atoms with Crippen LogP contribution in [0, 0.1) is 17.8 Å². The molecule has 2 aromatic heterocycles. The van der Waals surface area contributed by atoms with Crippen LogP contribution in [0.1, 0.15) is 132 Å². The molecule has 3 fully saturated rings. The lowest BCUT2D eigenvalue weighted by Gasteiger charge is -2.32. The van der Waals surface area contributed by atoms with Crippen LogP contribution < -0.4 is 16.4 Å². The van der Waals surface area contributed by atoms with E-state index in [9.17, 15) is 24.0 Å². The molecule has 0 bridgehead atoms. The summed E-state index contributed by atoms with van der Waals surface area (Å²) < 4.78 is 6.91. The van der Waals surface area contributed by atoms with Crippen molar-refractivity contribution < 1.29 is 28.7 Å². The van der Waals surface area contributed by atoms with E-state index in [4.69, 9.17) is 10.5 Å². The monoisotopic (exact) mass is 855 g/mol. The number of carbonyl (C=O) groups excluding carboxylic acids is 5. The number of hydrogen-bond acceptors (Lipinski definition) is 10. The summed E-state index contributed by atoms with van der Waals surface area (Å²) in [6.45, 7) is 9.13. The largest absolute Gasteiger partial charge is 0.382 e. The number of nitrogens with zero attached hydrogens (tertiary/aromatic N) is 6. The first-order valence-electron chi connectivity index (χ1n) is 22.3. The van der Waals surface area contributed by atoms with Crippen molar-refractivity contribution in [2.75, 3.05) is 50.9 Å². The molecule has 1 atom stereocenters. The molecule has 3 saturated heterocycles. The number of unbranched alkanes of at least 4 members (excludes halogenated alkanes) is 1. The number of amides is 5. The number of aromatic nitrogens is 3. The Morgan fingerprint density at radius 1 is 0.984 bits per heavy atom. The molecule has 8 rings (SSSR count). The quantitative estimate of drug-likeness (QED) is 0.0969. The third-order valence-electron chi connectivity index (χ3n) is 13.1. The molecule has 63 heavy (non-hydrogen) atoms. The van der Waals surface area contributed by atoms with E-state index < -0.39 is 6.04 Å². The van der Waals surface area contributed by atoms with Gasteiger partial charge in [-0.15, -0.1) is 0 Å². The van der Waals surface area contributed by atoms with Crippen LogP contribution in [-0.4, -0.2) is 105 Å². The van der Waals surface area contributed by atoms with Crippen LogP contribution >= 0.6 is 0 Å². The van der Waals surface area contributed by atoms with Crippen LogP contribution in [0.3, 0.4) is 0 Å². The summed E-state index contributed by atoms with van der Waals surface area (Å²) in [6, 6.07) is 13.1. The summed E-state index contributed by atoms with van der Waals surface area (Å²) >= 11 is 0. The lowest BCUT2D eigenvalue weighted by atomic mass is 9.88. The third kappa shape index (κ3) is 9.47. The van der Waals surface area contributed by atoms with Crippen molar-refractivity contribution in [3.8, 4) is 11.8 Å². The Balaban J connectivity index is 0.803. The van der Waals surface area contributed by atoms with E-state index in [1.165, 1.54) is 11.9 Å². The first kappa shape index (κ1) is 43.5. The van der Waals surface area contributed by atoms with Crippen LogP contribution in [0.15, 0.2) is 48.8 Å². The van der Waals surface area contributed by atoms with Crippen LogP contribution in [0.2, 0.25) is 0 Å². The van der Waals surface area contributed by atoms with E-state index in [1.807, 2.05) is 55.1 Å². The highest BCUT2D eigenvalue weighted by molar-refractivity contribution is 6.13. The maximum atomic E-state index is 14.0. The normalized spacial score (nSPS) is 18.7. The van der Waals surface area contributed by atoms with Crippen molar-refractivity contribution >= 4 is 46.6 Å². The minimum absolute atomic E-state index is 0.0104. The SMILES string of the molecule is COCc1ccc(NC(=O)c2c(C#CC3CCN(C(=O)CCCCN4CCC(c5ccc6c(c5)C(=O)N(C5CCC(=O)NC5=O)C6)CC4)CC3)c(C(C)C)n3ncnc(N)c23)cc1. The first-order chi connectivity index (χ1) is 30.5. The molecule has 6 heterocycles. The fourth-order valence-electron chi connectivity index (χ4n) is 9.59. The van der Waals surface area contributed by atoms with Gasteiger partial charge in [0.05, 0.1) is 23.4 Å². The Morgan fingerprint density at radius 2 is 1.75 bits per heavy atom. The van der Waals surface area contributed by atoms with Gasteiger partial charge in [0.15, 0.2) is 5.82 Å². The van der Waals surface area contributed by atoms with Gasteiger partial charge >= 0.3 is 0 Å². The molecular formula is C48H57N9O6. The van der Waals surface area contributed by atoms with Crippen LogP contribution in [-0.2, 0) is 32.3 Å². The topological polar surface area (TPSA) is 185 Å². The first-order valence-corrected chi connectivity index (χ1v) is 22.3. The lowest BCUT2D eigenvalue weighted by molar-refractivity contribution is -0.137. The van der Waals surface area contributed by atoms with E-state index in [1.54, 1.807) is 16.5 Å². The third-order valence-corrected chi connectivity index (χ3v) is 13.1. The molecule has 4 aromatic rings. The van der Waals surface area contributed by atoms with Gasteiger partial charge in [0.2, 0.25) is 17.7 Å². The number of fused-ring (bicyclic) bond motifs is 2. The van der Waals surface area contributed by atoms with Gasteiger partial charge in [0.1, 0.15) is 17.9 Å². The Morgan fingerprint density at radius 3 is 2.46 bits per heavy atom. The second kappa shape index (κ2) is 19.1. The number of methoxy groups -OCH3 is 1. The van der Waals surface area contributed by atoms with Gasteiger partial charge in [-0.3, -0.25) is 29.3 Å². The predicted octanol–water partition coefficient (Wildman–Crippen LogP) is 5.23. The molecule has 15 nitrogen and oxygen atoms in total. The Kier molecular flexibility index (Phi) is 13.2. The zero-order valence-electron chi connectivity index (χ0n) is 36.5. The number of ether oxygens (including phenoxy) is 1. The zero-order chi connectivity index (χ0) is 44.2. The maximum Gasteiger partial charge on any atom is 0.259 e. The van der Waals surface area contributed by atoms with Gasteiger partial charge < -0.3 is 30.5 Å². The summed E-state index contributed by atoms with van der Waals surface area (Å²) in [5, 5.41) is 9.87. The van der Waals surface area contributed by atoms with Crippen molar-refractivity contribution in [1.82, 2.24) is 34.6 Å². The van der Waals surface area contributed by atoms with E-state index in [0.29, 0.717) is 72.9 Å². The molecule has 4 aliphatic rings. The fraction of sp³-hybridized carbons (Fsp3) is 0.479. The standard InChI is InChI=1S/C48H57N9O6/c1-30(2)43-37(42(44-45(49)50-29-51-57(43)44)47(61)52-36-12-7-32(8-13-36)28-63-3)14-9-31-17-24-55(25-18-31)41(59)6-4-5-21-54-22-19-33(20-23-54)34-10-11-35-27-56(48(62)38(35)26-34)39-15-16-40(58)53-46(39)60/h7-8,10-13,26,29-31,33,39H,4-6,15-25,27-28H2,1-3H3,(H,52,61)(H2,49,50,51)(H,53,58,60). The minimum atomic E-state index is -0.606. The van der Waals surface area contributed by atoms with Gasteiger partial charge in [-0.1, -0.05) is 50.0 Å². The number of anilines is 2. The van der Waals surface area contributed by atoms with Crippen molar-refractivity contribution in [3.05, 3.63) is 87.9 Å². The predicted molar refractivity (Wildman–Crippen MR) is 238 cm³/mol. The second-order valence-corrected chi connectivity index (χ2v) is 17.6. The summed E-state index contributed by atoms with van der Waals surface area (Å²) in [7, 11) is 1.64. The number of likely N-dealkylation sites (tertiary alicyclic amines) is 2. The number of nitrogen functional groups attached to an aromatic ring is 1. The molecule has 5 amide bonds. The highest BCUT2D eigenvalue weighted by Crippen LogP contribution is 2.35. The molecule has 4 N–H and O–H groups in total. The van der Waals surface area contributed by atoms with Crippen LogP contribution in [0.5, 0.6) is 0 Å². The number of imide groups is 1. The van der Waals surface area contributed by atoms with E-state index in [2.05, 4.69) is 43.5 Å².